The number of nitriles is 2. The Kier molecular flexibility index (Phi) is 19.8. The molecule has 4 aromatic rings. The molecule has 0 heterocycles. The summed E-state index contributed by atoms with van der Waals surface area (Å²) in [6.07, 6.45) is 0. The number of rotatable bonds is 10. The molecule has 0 radical (unpaired) electrons. The summed E-state index contributed by atoms with van der Waals surface area (Å²) in [5, 5.41) is 51.6. The first-order valence-electron chi connectivity index (χ1n) is 18.5. The molecule has 60 heavy (non-hydrogen) atoms. The van der Waals surface area contributed by atoms with Crippen molar-refractivity contribution in [3.63, 3.8) is 0 Å². The molecule has 0 saturated heterocycles. The zero-order valence-electron chi connectivity index (χ0n) is 35.6. The van der Waals surface area contributed by atoms with Crippen LogP contribution in [0, 0.1) is 22.7 Å². The van der Waals surface area contributed by atoms with Gasteiger partial charge in [0.25, 0.3) is 0 Å². The smallest absolute Gasteiger partial charge is 0.339 e. The Bertz CT molecular complexity index is 2090. The predicted molar refractivity (Wildman–Crippen MR) is 230 cm³/mol. The third kappa shape index (κ3) is 17.9. The van der Waals surface area contributed by atoms with Crippen molar-refractivity contribution in [1.29, 1.82) is 10.5 Å². The highest BCUT2D eigenvalue weighted by Crippen LogP contribution is 2.38. The van der Waals surface area contributed by atoms with Crippen LogP contribution in [0.15, 0.2) is 97.1 Å². The van der Waals surface area contributed by atoms with Gasteiger partial charge in [0, 0.05) is 0 Å². The number of hydrogen-bond acceptors (Lipinski definition) is 12. The normalized spacial score (nSPS) is 10.8. The minimum Gasteiger partial charge on any atom is -0.544 e. The lowest BCUT2D eigenvalue weighted by atomic mass is 10.2. The number of carboxylic acid groups (broad SMARTS) is 2. The number of ether oxygens (including phenoxy) is 2. The van der Waals surface area contributed by atoms with Gasteiger partial charge in [0.05, 0.1) is 22.3 Å². The Morgan fingerprint density at radius 3 is 1.00 bits per heavy atom. The number of carbonyl (C=O) groups is 4. The maximum Gasteiger partial charge on any atom is 0.339 e. The Morgan fingerprint density at radius 2 is 0.750 bits per heavy atom. The lowest BCUT2D eigenvalue weighted by molar-refractivity contribution is 0.0546. The zero-order valence-corrected chi connectivity index (χ0v) is 37.6. The maximum absolute atomic E-state index is 11.6. The number of phenols is 2. The molecule has 0 aromatic heterocycles. The molecule has 4 rings (SSSR count). The van der Waals surface area contributed by atoms with Crippen molar-refractivity contribution in [3.8, 4) is 35.1 Å². The summed E-state index contributed by atoms with van der Waals surface area (Å²) in [5.41, 5.74) is 1.20. The van der Waals surface area contributed by atoms with Gasteiger partial charge in [0.15, 0.2) is 13.2 Å². The summed E-state index contributed by atoms with van der Waals surface area (Å²) in [4.78, 5) is 43.6. The van der Waals surface area contributed by atoms with Crippen LogP contribution in [0.4, 0.5) is 0 Å². The molecule has 0 amide bonds. The number of hydrogen-bond donors (Lipinski definition) is 4. The molecule has 0 saturated carbocycles. The van der Waals surface area contributed by atoms with E-state index in [1.54, 1.807) is 60.7 Å². The minimum atomic E-state index is -1.87. The molecule has 0 aliphatic heterocycles. The molecule has 0 fully saturated rings. The van der Waals surface area contributed by atoms with E-state index >= 15 is 0 Å². The van der Waals surface area contributed by atoms with Crippen LogP contribution in [0.1, 0.15) is 83.0 Å². The average Bonchev–Trinajstić information content (AvgIpc) is 3.16. The third-order valence-corrected chi connectivity index (χ3v) is 18.0. The Morgan fingerprint density at radius 1 is 0.500 bits per heavy atom. The molecule has 0 spiro atoms. The lowest BCUT2D eigenvalue weighted by Gasteiger charge is -2.36. The van der Waals surface area contributed by atoms with Crippen LogP contribution in [-0.2, 0) is 9.47 Å². The van der Waals surface area contributed by atoms with Crippen molar-refractivity contribution in [1.82, 2.24) is 0 Å². The molecular formula is C44H54N2O12Si2. The van der Waals surface area contributed by atoms with E-state index in [-0.39, 0.29) is 45.9 Å². The van der Waals surface area contributed by atoms with Gasteiger partial charge < -0.3 is 38.8 Å². The summed E-state index contributed by atoms with van der Waals surface area (Å²) in [5.74, 6) is -1.30. The Labute approximate surface area is 353 Å². The number of benzene rings is 4. The summed E-state index contributed by atoms with van der Waals surface area (Å²) in [6, 6.07) is 27.9. The van der Waals surface area contributed by atoms with Gasteiger partial charge in [-0.25, -0.2) is 19.2 Å². The largest absolute Gasteiger partial charge is 0.544 e. The number of nitrogens with zero attached hydrogens (tertiary/aromatic N) is 2. The van der Waals surface area contributed by atoms with Crippen LogP contribution < -0.4 is 8.85 Å². The number of phenolic OH excluding ortho intramolecular Hbond substituents is 2. The number of carbonyl (C=O) groups excluding carboxylic acids is 2. The van der Waals surface area contributed by atoms with Crippen molar-refractivity contribution >= 4 is 40.5 Å². The van der Waals surface area contributed by atoms with Crippen molar-refractivity contribution in [2.24, 2.45) is 0 Å². The second-order valence-corrected chi connectivity index (χ2v) is 25.4. The van der Waals surface area contributed by atoms with Crippen LogP contribution >= 0.6 is 0 Å². The summed E-state index contributed by atoms with van der Waals surface area (Å²) in [7, 11) is -3.71. The SMILES string of the molecule is CC(C)(C)[Si](C)(C)Oc1ccc(C(=O)O)cc1.CC(C)(C)[Si](C)(C)Oc1ccc(C(=O)OCC#N)cc1.N#CCOC(=O)c1ccc(O)cc1.O=C(O)c1ccc(O)cc1. The van der Waals surface area contributed by atoms with Gasteiger partial charge >= 0.3 is 23.9 Å². The Balaban J connectivity index is 0.000000412. The molecule has 4 N–H and O–H groups in total. The fraction of sp³-hybridized carbons (Fsp3) is 0.318. The molecule has 320 valence electrons. The van der Waals surface area contributed by atoms with E-state index in [9.17, 15) is 19.2 Å². The molecule has 4 aromatic carbocycles. The van der Waals surface area contributed by atoms with E-state index in [1.807, 2.05) is 0 Å². The monoisotopic (exact) mass is 858 g/mol. The second kappa shape index (κ2) is 23.1. The van der Waals surface area contributed by atoms with Gasteiger partial charge in [-0.1, -0.05) is 41.5 Å². The van der Waals surface area contributed by atoms with Crippen LogP contribution in [0.25, 0.3) is 0 Å². The molecule has 0 aliphatic carbocycles. The molecule has 0 unspecified atom stereocenters. The molecular weight excluding hydrogens is 805 g/mol. The molecule has 16 heteroatoms. The van der Waals surface area contributed by atoms with E-state index in [4.69, 9.17) is 44.5 Å². The van der Waals surface area contributed by atoms with E-state index in [2.05, 4.69) is 72.5 Å². The highest BCUT2D eigenvalue weighted by Gasteiger charge is 2.39. The van der Waals surface area contributed by atoms with Crippen LogP contribution in [0.2, 0.25) is 36.3 Å². The number of aromatic hydroxyl groups is 2. The summed E-state index contributed by atoms with van der Waals surface area (Å²) < 4.78 is 21.4. The number of esters is 2. The molecule has 0 aliphatic rings. The lowest BCUT2D eigenvalue weighted by Crippen LogP contribution is -2.43. The first-order valence-corrected chi connectivity index (χ1v) is 24.3. The van der Waals surface area contributed by atoms with Crippen LogP contribution in [-0.4, -0.2) is 74.2 Å². The summed E-state index contributed by atoms with van der Waals surface area (Å²) >= 11 is 0. The highest BCUT2D eigenvalue weighted by atomic mass is 28.4. The molecule has 0 atom stereocenters. The predicted octanol–water partition coefficient (Wildman–Crippen LogP) is 9.68. The number of carboxylic acids is 2. The Hall–Kier alpha value is -6.63. The summed E-state index contributed by atoms with van der Waals surface area (Å²) in [6.45, 7) is 21.2. The quantitative estimate of drug-likeness (QED) is 0.0859. The van der Waals surface area contributed by atoms with Crippen molar-refractivity contribution < 1.29 is 57.9 Å². The van der Waals surface area contributed by atoms with Crippen LogP contribution in [0.5, 0.6) is 23.0 Å². The average molecular weight is 859 g/mol. The van der Waals surface area contributed by atoms with Crippen molar-refractivity contribution in [2.75, 3.05) is 13.2 Å². The standard InChI is InChI=1S/C15H21NO3Si.C13H20O3Si.C9H7NO3.C7H6O3/c1-15(2,3)20(4,5)19-13-8-6-12(7-9-13)14(17)18-11-10-16;1-13(2,3)17(4,5)16-11-8-6-10(7-9-11)12(14)15;10-5-6-13-9(12)7-1-3-8(11)4-2-7;8-6-3-1-5(2-4-6)7(9)10/h6-9H,11H2,1-5H3;6-9H,1-5H3,(H,14,15);1-4,11H,6H2;1-4,8H,(H,9,10). The minimum absolute atomic E-state index is 0.0741. The first kappa shape index (κ1) is 51.4. The van der Waals surface area contributed by atoms with E-state index in [1.165, 1.54) is 48.5 Å². The fourth-order valence-electron chi connectivity index (χ4n) is 3.78. The maximum atomic E-state index is 11.6. The van der Waals surface area contributed by atoms with Gasteiger partial charge in [0.2, 0.25) is 16.6 Å². The topological polar surface area (TPSA) is 234 Å². The van der Waals surface area contributed by atoms with Gasteiger partial charge in [-0.3, -0.25) is 0 Å². The number of aromatic carboxylic acids is 2. The van der Waals surface area contributed by atoms with E-state index in [0.717, 1.165) is 11.5 Å². The van der Waals surface area contributed by atoms with Gasteiger partial charge in [-0.05, 0) is 133 Å². The molecule has 14 nitrogen and oxygen atoms in total. The van der Waals surface area contributed by atoms with Crippen molar-refractivity contribution in [3.05, 3.63) is 119 Å². The van der Waals surface area contributed by atoms with Gasteiger partial charge in [0.1, 0.15) is 35.1 Å². The zero-order chi connectivity index (χ0) is 45.9. The second-order valence-electron chi connectivity index (χ2n) is 15.9. The molecule has 0 bridgehead atoms. The first-order chi connectivity index (χ1) is 27.7. The third-order valence-electron chi connectivity index (χ3n) is 9.30. The highest BCUT2D eigenvalue weighted by molar-refractivity contribution is 6.75. The fourth-order valence-corrected chi connectivity index (χ4v) is 5.85. The van der Waals surface area contributed by atoms with Gasteiger partial charge in [-0.2, -0.15) is 10.5 Å². The van der Waals surface area contributed by atoms with Crippen LogP contribution in [0.3, 0.4) is 0 Å². The van der Waals surface area contributed by atoms with E-state index < -0.39 is 40.5 Å². The van der Waals surface area contributed by atoms with Gasteiger partial charge in [-0.15, -0.1) is 0 Å². The van der Waals surface area contributed by atoms with E-state index in [0.29, 0.717) is 11.1 Å². The van der Waals surface area contributed by atoms with Crippen molar-refractivity contribution in [2.45, 2.75) is 77.8 Å².